The molecule has 5 nitrogen and oxygen atoms in total. The first-order valence-corrected chi connectivity index (χ1v) is 8.48. The van der Waals surface area contributed by atoms with E-state index in [0.29, 0.717) is 5.92 Å². The number of ether oxygens (including phenoxy) is 2. The Balaban J connectivity index is 2.37. The molecular formula is C17H34N2O3. The third kappa shape index (κ3) is 6.97. The van der Waals surface area contributed by atoms with Crippen molar-refractivity contribution >= 4 is 6.09 Å². The molecule has 1 saturated heterocycles. The van der Waals surface area contributed by atoms with Gasteiger partial charge in [0.2, 0.25) is 0 Å². The van der Waals surface area contributed by atoms with E-state index in [1.807, 2.05) is 32.6 Å². The highest BCUT2D eigenvalue weighted by atomic mass is 16.6. The van der Waals surface area contributed by atoms with Crippen molar-refractivity contribution in [1.29, 1.82) is 0 Å². The summed E-state index contributed by atoms with van der Waals surface area (Å²) in [6.07, 6.45) is 1.91. The summed E-state index contributed by atoms with van der Waals surface area (Å²) < 4.78 is 10.9. The van der Waals surface area contributed by atoms with Crippen molar-refractivity contribution in [2.75, 3.05) is 39.9 Å². The lowest BCUT2D eigenvalue weighted by atomic mass is 9.91. The van der Waals surface area contributed by atoms with Crippen molar-refractivity contribution < 1.29 is 14.3 Å². The lowest BCUT2D eigenvalue weighted by molar-refractivity contribution is 0.00515. The van der Waals surface area contributed by atoms with E-state index in [1.54, 1.807) is 0 Å². The van der Waals surface area contributed by atoms with E-state index in [4.69, 9.17) is 9.47 Å². The van der Waals surface area contributed by atoms with Crippen LogP contribution in [0.2, 0.25) is 0 Å². The Bertz CT molecular complexity index is 341. The van der Waals surface area contributed by atoms with Crippen LogP contribution in [0.25, 0.3) is 0 Å². The molecule has 0 N–H and O–H groups in total. The van der Waals surface area contributed by atoms with Crippen LogP contribution >= 0.6 is 0 Å². The normalized spacial score (nSPS) is 23.0. The Morgan fingerprint density at radius 2 is 2.05 bits per heavy atom. The molecule has 0 saturated carbocycles. The Labute approximate surface area is 135 Å². The first-order chi connectivity index (χ1) is 10.2. The summed E-state index contributed by atoms with van der Waals surface area (Å²) in [5, 5.41) is 0. The molecule has 0 aromatic heterocycles. The van der Waals surface area contributed by atoms with Crippen molar-refractivity contribution in [3.05, 3.63) is 0 Å². The molecule has 130 valence electrons. The monoisotopic (exact) mass is 314 g/mol. The summed E-state index contributed by atoms with van der Waals surface area (Å²) in [7, 11) is 2.14. The molecule has 1 fully saturated rings. The third-order valence-corrected chi connectivity index (χ3v) is 4.00. The maximum absolute atomic E-state index is 12.2. The number of piperidine rings is 1. The molecule has 2 atom stereocenters. The van der Waals surface area contributed by atoms with Gasteiger partial charge in [0.25, 0.3) is 0 Å². The molecule has 0 unspecified atom stereocenters. The van der Waals surface area contributed by atoms with Crippen LogP contribution in [0.1, 0.15) is 47.5 Å². The molecule has 1 rings (SSSR count). The van der Waals surface area contributed by atoms with E-state index in [1.165, 1.54) is 0 Å². The molecule has 5 heteroatoms. The van der Waals surface area contributed by atoms with Gasteiger partial charge in [-0.1, -0.05) is 0 Å². The van der Waals surface area contributed by atoms with Gasteiger partial charge in [0.05, 0.1) is 6.61 Å². The van der Waals surface area contributed by atoms with Crippen molar-refractivity contribution in [2.45, 2.75) is 59.1 Å². The average molecular weight is 314 g/mol. The largest absolute Gasteiger partial charge is 0.444 e. The van der Waals surface area contributed by atoms with Gasteiger partial charge in [-0.25, -0.2) is 4.79 Å². The van der Waals surface area contributed by atoms with Crippen molar-refractivity contribution in [3.63, 3.8) is 0 Å². The van der Waals surface area contributed by atoms with Crippen LogP contribution in [0.5, 0.6) is 0 Å². The number of hydrogen-bond donors (Lipinski definition) is 0. The lowest BCUT2D eigenvalue weighted by Gasteiger charge is -2.39. The fourth-order valence-corrected chi connectivity index (χ4v) is 2.92. The molecule has 0 radical (unpaired) electrons. The zero-order chi connectivity index (χ0) is 16.8. The molecule has 0 aromatic carbocycles. The predicted molar refractivity (Wildman–Crippen MR) is 89.1 cm³/mol. The first kappa shape index (κ1) is 19.2. The average Bonchev–Trinajstić information content (AvgIpc) is 2.36. The van der Waals surface area contributed by atoms with E-state index in [9.17, 15) is 4.79 Å². The van der Waals surface area contributed by atoms with Gasteiger partial charge in [-0.3, -0.25) is 0 Å². The lowest BCUT2D eigenvalue weighted by Crippen LogP contribution is -2.48. The summed E-state index contributed by atoms with van der Waals surface area (Å²) in [5.41, 5.74) is -0.423. The van der Waals surface area contributed by atoms with E-state index in [-0.39, 0.29) is 12.1 Å². The summed E-state index contributed by atoms with van der Waals surface area (Å²) in [6.45, 7) is 14.3. The van der Waals surface area contributed by atoms with E-state index < -0.39 is 5.60 Å². The smallest absolute Gasteiger partial charge is 0.410 e. The molecule has 22 heavy (non-hydrogen) atoms. The van der Waals surface area contributed by atoms with E-state index in [0.717, 1.165) is 45.7 Å². The van der Waals surface area contributed by atoms with Gasteiger partial charge in [0.15, 0.2) is 0 Å². The van der Waals surface area contributed by atoms with Crippen molar-refractivity contribution in [3.8, 4) is 0 Å². The Morgan fingerprint density at radius 1 is 1.36 bits per heavy atom. The minimum atomic E-state index is -0.423. The molecule has 1 amide bonds. The van der Waals surface area contributed by atoms with Crippen LogP contribution in [0, 0.1) is 5.92 Å². The van der Waals surface area contributed by atoms with Crippen LogP contribution in [0.4, 0.5) is 4.79 Å². The van der Waals surface area contributed by atoms with Gasteiger partial charge in [0.1, 0.15) is 5.60 Å². The standard InChI is InChI=1S/C17H34N2O3/c1-7-21-11-10-18(6)13-15-8-9-19(14(2)12-15)16(20)22-17(3,4)5/h14-15H,7-13H2,1-6H3/t14-,15+/m0/s1. The predicted octanol–water partition coefficient (Wildman–Crippen LogP) is 2.99. The molecule has 1 heterocycles. The SMILES string of the molecule is CCOCCN(C)C[C@@H]1CCN(C(=O)OC(C)(C)C)[C@@H](C)C1. The minimum absolute atomic E-state index is 0.178. The first-order valence-electron chi connectivity index (χ1n) is 8.48. The molecule has 0 aliphatic carbocycles. The molecular weight excluding hydrogens is 280 g/mol. The Morgan fingerprint density at radius 3 is 2.59 bits per heavy atom. The highest BCUT2D eigenvalue weighted by Gasteiger charge is 2.31. The van der Waals surface area contributed by atoms with Crippen LogP contribution in [-0.4, -0.2) is 67.4 Å². The molecule has 1 aliphatic rings. The van der Waals surface area contributed by atoms with E-state index in [2.05, 4.69) is 18.9 Å². The maximum atomic E-state index is 12.2. The topological polar surface area (TPSA) is 42.0 Å². The van der Waals surface area contributed by atoms with Gasteiger partial charge in [0, 0.05) is 32.3 Å². The highest BCUT2D eigenvalue weighted by Crippen LogP contribution is 2.25. The van der Waals surface area contributed by atoms with Gasteiger partial charge >= 0.3 is 6.09 Å². The summed E-state index contributed by atoms with van der Waals surface area (Å²) in [6, 6.07) is 0.244. The number of carbonyl (C=O) groups is 1. The summed E-state index contributed by atoms with van der Waals surface area (Å²) in [4.78, 5) is 16.4. The van der Waals surface area contributed by atoms with Crippen LogP contribution in [-0.2, 0) is 9.47 Å². The molecule has 0 spiro atoms. The fourth-order valence-electron chi connectivity index (χ4n) is 2.92. The second-order valence-electron chi connectivity index (χ2n) is 7.37. The van der Waals surface area contributed by atoms with Crippen molar-refractivity contribution in [1.82, 2.24) is 9.80 Å². The third-order valence-electron chi connectivity index (χ3n) is 4.00. The quantitative estimate of drug-likeness (QED) is 0.707. The molecule has 1 aliphatic heterocycles. The van der Waals surface area contributed by atoms with Crippen LogP contribution < -0.4 is 0 Å². The second kappa shape index (κ2) is 8.73. The minimum Gasteiger partial charge on any atom is -0.444 e. The molecule has 0 aromatic rings. The van der Waals surface area contributed by atoms with E-state index >= 15 is 0 Å². The maximum Gasteiger partial charge on any atom is 0.410 e. The number of nitrogens with zero attached hydrogens (tertiary/aromatic N) is 2. The summed E-state index contributed by atoms with van der Waals surface area (Å²) >= 11 is 0. The Kier molecular flexibility index (Phi) is 7.63. The molecule has 0 bridgehead atoms. The number of amides is 1. The number of rotatable bonds is 6. The second-order valence-corrected chi connectivity index (χ2v) is 7.37. The van der Waals surface area contributed by atoms with Gasteiger partial charge in [-0.15, -0.1) is 0 Å². The summed E-state index contributed by atoms with van der Waals surface area (Å²) in [5.74, 6) is 0.639. The van der Waals surface area contributed by atoms with Crippen molar-refractivity contribution in [2.24, 2.45) is 5.92 Å². The highest BCUT2D eigenvalue weighted by molar-refractivity contribution is 5.68. The van der Waals surface area contributed by atoms with Gasteiger partial charge in [-0.2, -0.15) is 0 Å². The number of likely N-dealkylation sites (tertiary alicyclic amines) is 1. The van der Waals surface area contributed by atoms with Gasteiger partial charge in [-0.05, 0) is 60.4 Å². The van der Waals surface area contributed by atoms with Crippen LogP contribution in [0.3, 0.4) is 0 Å². The van der Waals surface area contributed by atoms with Crippen LogP contribution in [0.15, 0.2) is 0 Å². The zero-order valence-corrected chi connectivity index (χ0v) is 15.2. The number of likely N-dealkylation sites (N-methyl/N-ethyl adjacent to an activating group) is 1. The fraction of sp³-hybridized carbons (Fsp3) is 0.941. The number of hydrogen-bond acceptors (Lipinski definition) is 4. The Hall–Kier alpha value is -0.810. The number of carbonyl (C=O) groups excluding carboxylic acids is 1. The van der Waals surface area contributed by atoms with Gasteiger partial charge < -0.3 is 19.3 Å². The zero-order valence-electron chi connectivity index (χ0n) is 15.2.